The van der Waals surface area contributed by atoms with Crippen LogP contribution < -0.4 is 5.43 Å². The van der Waals surface area contributed by atoms with Gasteiger partial charge in [-0.1, -0.05) is 0 Å². The number of nitrogens with zero attached hydrogens (tertiary/aromatic N) is 6. The fourth-order valence-corrected chi connectivity index (χ4v) is 2.10. The Labute approximate surface area is 143 Å². The second kappa shape index (κ2) is 6.87. The number of non-ortho nitro benzene ring substituents is 1. The van der Waals surface area contributed by atoms with Gasteiger partial charge in [-0.2, -0.15) is 10.2 Å². The monoisotopic (exact) mass is 337 g/mol. The van der Waals surface area contributed by atoms with Crippen LogP contribution >= 0.6 is 0 Å². The van der Waals surface area contributed by atoms with Crippen molar-refractivity contribution >= 4 is 17.2 Å². The Morgan fingerprint density at radius 1 is 1.28 bits per heavy atom. The molecule has 0 spiro atoms. The van der Waals surface area contributed by atoms with Crippen LogP contribution in [-0.4, -0.2) is 30.4 Å². The van der Waals surface area contributed by atoms with Gasteiger partial charge in [0.1, 0.15) is 6.33 Å². The lowest BCUT2D eigenvalue weighted by Gasteiger charge is -2.05. The average Bonchev–Trinajstić information content (AvgIpc) is 3.06. The Kier molecular flexibility index (Phi) is 4.46. The fourth-order valence-electron chi connectivity index (χ4n) is 2.10. The van der Waals surface area contributed by atoms with Crippen molar-refractivity contribution in [3.63, 3.8) is 0 Å². The van der Waals surface area contributed by atoms with Crippen molar-refractivity contribution in [3.05, 3.63) is 70.3 Å². The number of nitrogens with one attached hydrogen (secondary N) is 1. The molecular formula is C16H15N7O2. The molecule has 0 atom stereocenters. The SMILES string of the molecule is C/C(=N/Nc1cc(-n2cc(C)cn2)ncn1)c1ccc([N+](=O)[O-])cc1. The first-order chi connectivity index (χ1) is 12.0. The quantitative estimate of drug-likeness (QED) is 0.435. The zero-order chi connectivity index (χ0) is 17.8. The van der Waals surface area contributed by atoms with Gasteiger partial charge in [-0.25, -0.2) is 14.6 Å². The van der Waals surface area contributed by atoms with Gasteiger partial charge in [0.05, 0.1) is 16.8 Å². The van der Waals surface area contributed by atoms with Gasteiger partial charge in [0.2, 0.25) is 0 Å². The Morgan fingerprint density at radius 2 is 2.04 bits per heavy atom. The topological polar surface area (TPSA) is 111 Å². The van der Waals surface area contributed by atoms with Crippen molar-refractivity contribution in [3.8, 4) is 5.82 Å². The highest BCUT2D eigenvalue weighted by molar-refractivity contribution is 5.99. The van der Waals surface area contributed by atoms with Crippen molar-refractivity contribution in [2.24, 2.45) is 5.10 Å². The number of rotatable bonds is 5. The van der Waals surface area contributed by atoms with E-state index in [-0.39, 0.29) is 5.69 Å². The Bertz CT molecular complexity index is 932. The first-order valence-corrected chi connectivity index (χ1v) is 7.42. The van der Waals surface area contributed by atoms with E-state index in [1.54, 1.807) is 36.0 Å². The number of anilines is 1. The van der Waals surface area contributed by atoms with Crippen LogP contribution in [0.15, 0.2) is 54.2 Å². The first kappa shape index (κ1) is 16.2. The van der Waals surface area contributed by atoms with Crippen LogP contribution in [0.1, 0.15) is 18.1 Å². The van der Waals surface area contributed by atoms with Gasteiger partial charge in [-0.3, -0.25) is 15.5 Å². The molecule has 0 aliphatic heterocycles. The molecular weight excluding hydrogens is 322 g/mol. The molecule has 0 amide bonds. The van der Waals surface area contributed by atoms with Crippen LogP contribution in [0.2, 0.25) is 0 Å². The molecule has 9 heteroatoms. The number of aryl methyl sites for hydroxylation is 1. The lowest BCUT2D eigenvalue weighted by atomic mass is 10.1. The molecule has 0 unspecified atom stereocenters. The van der Waals surface area contributed by atoms with Gasteiger partial charge in [0, 0.05) is 24.4 Å². The predicted molar refractivity (Wildman–Crippen MR) is 92.8 cm³/mol. The highest BCUT2D eigenvalue weighted by atomic mass is 16.6. The van der Waals surface area contributed by atoms with Gasteiger partial charge >= 0.3 is 0 Å². The lowest BCUT2D eigenvalue weighted by Crippen LogP contribution is -2.03. The van der Waals surface area contributed by atoms with Gasteiger partial charge in [-0.05, 0) is 37.1 Å². The number of hydrazone groups is 1. The zero-order valence-electron chi connectivity index (χ0n) is 13.6. The van der Waals surface area contributed by atoms with Crippen LogP contribution in [-0.2, 0) is 0 Å². The highest BCUT2D eigenvalue weighted by Crippen LogP contribution is 2.13. The van der Waals surface area contributed by atoms with E-state index in [9.17, 15) is 10.1 Å². The summed E-state index contributed by atoms with van der Waals surface area (Å²) in [6, 6.07) is 7.90. The predicted octanol–water partition coefficient (Wildman–Crippen LogP) is 2.72. The molecule has 0 radical (unpaired) electrons. The standard InChI is InChI=1S/C16H15N7O2/c1-11-8-19-22(9-11)16-7-15(17-10-18-16)21-20-12(2)13-3-5-14(6-4-13)23(24)25/h3-10H,1-2H3,(H,17,18,21)/b20-12-. The number of nitro groups is 1. The second-order valence-corrected chi connectivity index (χ2v) is 5.34. The smallest absolute Gasteiger partial charge is 0.261 e. The van der Waals surface area contributed by atoms with Crippen LogP contribution in [0.3, 0.4) is 0 Å². The molecule has 0 aliphatic carbocycles. The Hall–Kier alpha value is -3.62. The van der Waals surface area contributed by atoms with E-state index in [1.807, 2.05) is 13.1 Å². The number of nitro benzene ring substituents is 1. The molecule has 1 aromatic carbocycles. The van der Waals surface area contributed by atoms with E-state index in [4.69, 9.17) is 0 Å². The minimum absolute atomic E-state index is 0.0412. The summed E-state index contributed by atoms with van der Waals surface area (Å²) in [5, 5.41) is 19.1. The number of hydrogen-bond acceptors (Lipinski definition) is 7. The van der Waals surface area contributed by atoms with E-state index >= 15 is 0 Å². The fraction of sp³-hybridized carbons (Fsp3) is 0.125. The molecule has 9 nitrogen and oxygen atoms in total. The van der Waals surface area contributed by atoms with Crippen LogP contribution in [0, 0.1) is 17.0 Å². The van der Waals surface area contributed by atoms with Crippen LogP contribution in [0.4, 0.5) is 11.5 Å². The largest absolute Gasteiger partial charge is 0.269 e. The molecule has 126 valence electrons. The summed E-state index contributed by atoms with van der Waals surface area (Å²) in [6.45, 7) is 3.74. The van der Waals surface area contributed by atoms with E-state index < -0.39 is 4.92 Å². The number of aromatic nitrogens is 4. The maximum atomic E-state index is 10.7. The summed E-state index contributed by atoms with van der Waals surface area (Å²) in [5.41, 5.74) is 5.37. The molecule has 3 rings (SSSR count). The van der Waals surface area contributed by atoms with Gasteiger partial charge < -0.3 is 0 Å². The molecule has 0 bridgehead atoms. The van der Waals surface area contributed by atoms with Gasteiger partial charge in [0.25, 0.3) is 5.69 Å². The van der Waals surface area contributed by atoms with E-state index in [0.717, 1.165) is 11.1 Å². The van der Waals surface area contributed by atoms with Crippen molar-refractivity contribution in [2.45, 2.75) is 13.8 Å². The summed E-state index contributed by atoms with van der Waals surface area (Å²) in [6.07, 6.45) is 5.02. The normalized spacial score (nSPS) is 11.4. The van der Waals surface area contributed by atoms with Crippen molar-refractivity contribution < 1.29 is 4.92 Å². The Balaban J connectivity index is 1.75. The minimum atomic E-state index is -0.437. The molecule has 1 N–H and O–H groups in total. The van der Waals surface area contributed by atoms with Gasteiger partial charge in [0.15, 0.2) is 11.6 Å². The summed E-state index contributed by atoms with van der Waals surface area (Å²) in [4.78, 5) is 18.5. The summed E-state index contributed by atoms with van der Waals surface area (Å²) in [5.74, 6) is 1.13. The molecule has 0 saturated heterocycles. The third kappa shape index (κ3) is 3.83. The Morgan fingerprint density at radius 3 is 2.68 bits per heavy atom. The van der Waals surface area contributed by atoms with E-state index in [0.29, 0.717) is 17.3 Å². The molecule has 0 aliphatic rings. The molecule has 0 fully saturated rings. The third-order valence-corrected chi connectivity index (χ3v) is 3.43. The second-order valence-electron chi connectivity index (χ2n) is 5.34. The summed E-state index contributed by atoms with van der Waals surface area (Å²) < 4.78 is 1.65. The molecule has 2 aromatic heterocycles. The maximum absolute atomic E-state index is 10.7. The number of benzene rings is 1. The van der Waals surface area contributed by atoms with Crippen molar-refractivity contribution in [1.82, 2.24) is 19.7 Å². The lowest BCUT2D eigenvalue weighted by molar-refractivity contribution is -0.384. The van der Waals surface area contributed by atoms with Crippen molar-refractivity contribution in [1.29, 1.82) is 0 Å². The number of hydrogen-bond donors (Lipinski definition) is 1. The van der Waals surface area contributed by atoms with Gasteiger partial charge in [-0.15, -0.1) is 0 Å². The minimum Gasteiger partial charge on any atom is -0.261 e. The van der Waals surface area contributed by atoms with Crippen LogP contribution in [0.25, 0.3) is 5.82 Å². The molecule has 25 heavy (non-hydrogen) atoms. The molecule has 0 saturated carbocycles. The maximum Gasteiger partial charge on any atom is 0.269 e. The van der Waals surface area contributed by atoms with Crippen LogP contribution in [0.5, 0.6) is 0 Å². The molecule has 3 aromatic rings. The summed E-state index contributed by atoms with van der Waals surface area (Å²) >= 11 is 0. The molecule has 2 heterocycles. The summed E-state index contributed by atoms with van der Waals surface area (Å²) in [7, 11) is 0. The van der Waals surface area contributed by atoms with E-state index in [2.05, 4.69) is 25.6 Å². The average molecular weight is 337 g/mol. The first-order valence-electron chi connectivity index (χ1n) is 7.42. The zero-order valence-corrected chi connectivity index (χ0v) is 13.6. The van der Waals surface area contributed by atoms with E-state index in [1.165, 1.54) is 18.5 Å². The third-order valence-electron chi connectivity index (χ3n) is 3.43. The highest BCUT2D eigenvalue weighted by Gasteiger charge is 2.06. The van der Waals surface area contributed by atoms with Crippen molar-refractivity contribution in [2.75, 3.05) is 5.43 Å².